The van der Waals surface area contributed by atoms with Crippen molar-refractivity contribution in [1.29, 1.82) is 0 Å². The van der Waals surface area contributed by atoms with Gasteiger partial charge in [0.15, 0.2) is 5.82 Å². The van der Waals surface area contributed by atoms with Gasteiger partial charge in [-0.25, -0.2) is 4.39 Å². The molecule has 1 N–H and O–H groups in total. The minimum absolute atomic E-state index is 0.122. The first kappa shape index (κ1) is 17.3. The van der Waals surface area contributed by atoms with Gasteiger partial charge in [-0.1, -0.05) is 24.3 Å². The van der Waals surface area contributed by atoms with Crippen molar-refractivity contribution in [2.75, 3.05) is 5.32 Å². The second-order valence-corrected chi connectivity index (χ2v) is 5.70. The van der Waals surface area contributed by atoms with E-state index in [1.165, 1.54) is 28.9 Å². The molecule has 0 bridgehead atoms. The zero-order valence-corrected chi connectivity index (χ0v) is 13.8. The van der Waals surface area contributed by atoms with E-state index in [0.29, 0.717) is 11.1 Å². The van der Waals surface area contributed by atoms with Crippen molar-refractivity contribution in [2.45, 2.75) is 13.5 Å². The molecule has 2 aromatic carbocycles. The van der Waals surface area contributed by atoms with E-state index in [4.69, 9.17) is 0 Å². The second kappa shape index (κ2) is 7.14. The van der Waals surface area contributed by atoms with E-state index in [1.807, 2.05) is 0 Å². The van der Waals surface area contributed by atoms with Gasteiger partial charge in [-0.05, 0) is 19.1 Å². The number of rotatable bonds is 5. The van der Waals surface area contributed by atoms with Crippen LogP contribution in [0.1, 0.15) is 21.5 Å². The Morgan fingerprint density at radius 1 is 1.27 bits per heavy atom. The fourth-order valence-electron chi connectivity index (χ4n) is 2.45. The molecule has 3 aromatic rings. The van der Waals surface area contributed by atoms with E-state index in [2.05, 4.69) is 10.4 Å². The molecule has 0 spiro atoms. The highest BCUT2D eigenvalue weighted by Gasteiger charge is 2.15. The Hall–Kier alpha value is -3.55. The van der Waals surface area contributed by atoms with Crippen LogP contribution < -0.4 is 5.32 Å². The molecule has 8 heteroatoms. The number of nitro groups is 1. The van der Waals surface area contributed by atoms with Crippen LogP contribution in [0, 0.1) is 22.9 Å². The molecule has 7 nitrogen and oxygen atoms in total. The van der Waals surface area contributed by atoms with E-state index < -0.39 is 10.8 Å². The van der Waals surface area contributed by atoms with Crippen LogP contribution in [0.5, 0.6) is 0 Å². The van der Waals surface area contributed by atoms with Crippen molar-refractivity contribution in [3.05, 3.63) is 87.3 Å². The third-order valence-corrected chi connectivity index (χ3v) is 3.84. The fraction of sp³-hybridized carbons (Fsp3) is 0.111. The largest absolute Gasteiger partial charge is 0.305 e. The van der Waals surface area contributed by atoms with Crippen LogP contribution >= 0.6 is 0 Å². The minimum atomic E-state index is -0.532. The molecule has 0 unspecified atom stereocenters. The highest BCUT2D eigenvalue weighted by molar-refractivity contribution is 6.04. The van der Waals surface area contributed by atoms with Crippen LogP contribution in [0.3, 0.4) is 0 Å². The maximum Gasteiger partial charge on any atom is 0.273 e. The molecule has 0 fully saturated rings. The quantitative estimate of drug-likeness (QED) is 0.560. The van der Waals surface area contributed by atoms with Gasteiger partial charge < -0.3 is 5.32 Å². The predicted octanol–water partition coefficient (Wildman–Crippen LogP) is 3.54. The van der Waals surface area contributed by atoms with Gasteiger partial charge in [-0.15, -0.1) is 0 Å². The summed E-state index contributed by atoms with van der Waals surface area (Å²) < 4.78 is 15.2. The molecule has 1 heterocycles. The van der Waals surface area contributed by atoms with Crippen LogP contribution in [0.2, 0.25) is 0 Å². The number of halogens is 1. The number of amides is 1. The van der Waals surface area contributed by atoms with E-state index in [-0.39, 0.29) is 29.4 Å². The van der Waals surface area contributed by atoms with Crippen molar-refractivity contribution in [3.63, 3.8) is 0 Å². The third kappa shape index (κ3) is 3.75. The summed E-state index contributed by atoms with van der Waals surface area (Å²) in [7, 11) is 0. The van der Waals surface area contributed by atoms with Gasteiger partial charge >= 0.3 is 0 Å². The molecular formula is C18H15FN4O3. The number of aryl methyl sites for hydroxylation is 1. The molecule has 26 heavy (non-hydrogen) atoms. The number of carbonyl (C=O) groups is 1. The Kier molecular flexibility index (Phi) is 4.74. The lowest BCUT2D eigenvalue weighted by atomic mass is 10.1. The maximum absolute atomic E-state index is 13.7. The van der Waals surface area contributed by atoms with Crippen LogP contribution in [0.15, 0.2) is 54.7 Å². The summed E-state index contributed by atoms with van der Waals surface area (Å²) in [5.41, 5.74) is 0.983. The summed E-state index contributed by atoms with van der Waals surface area (Å²) in [6, 6.07) is 12.2. The van der Waals surface area contributed by atoms with E-state index in [9.17, 15) is 19.3 Å². The highest BCUT2D eigenvalue weighted by Crippen LogP contribution is 2.20. The van der Waals surface area contributed by atoms with E-state index in [0.717, 1.165) is 0 Å². The lowest BCUT2D eigenvalue weighted by molar-refractivity contribution is -0.385. The number of hydrogen-bond donors (Lipinski definition) is 1. The molecule has 1 aromatic heterocycles. The van der Waals surface area contributed by atoms with Gasteiger partial charge in [0.25, 0.3) is 11.6 Å². The summed E-state index contributed by atoms with van der Waals surface area (Å²) in [6.07, 6.45) is 1.61. The lowest BCUT2D eigenvalue weighted by Crippen LogP contribution is -2.13. The number of aromatic nitrogens is 2. The standard InChI is InChI=1S/C18H15FN4O3/c1-12-6-7-13(10-16(12)23(25)26)18(24)20-17-8-9-22(21-17)11-14-4-2-3-5-15(14)19/h2-10H,11H2,1H3,(H,20,21,24). The number of anilines is 1. The Balaban J connectivity index is 1.73. The lowest BCUT2D eigenvalue weighted by Gasteiger charge is -2.05. The van der Waals surface area contributed by atoms with Gasteiger partial charge in [0, 0.05) is 35.0 Å². The van der Waals surface area contributed by atoms with Crippen molar-refractivity contribution in [1.82, 2.24) is 9.78 Å². The van der Waals surface area contributed by atoms with Crippen LogP contribution in [-0.4, -0.2) is 20.6 Å². The molecule has 1 amide bonds. The molecule has 0 saturated heterocycles. The molecule has 132 valence electrons. The maximum atomic E-state index is 13.7. The van der Waals surface area contributed by atoms with Crippen LogP contribution in [-0.2, 0) is 6.54 Å². The van der Waals surface area contributed by atoms with Gasteiger partial charge in [0.1, 0.15) is 5.82 Å². The molecule has 0 aliphatic rings. The number of carbonyl (C=O) groups excluding carboxylic acids is 1. The van der Waals surface area contributed by atoms with Crippen LogP contribution in [0.4, 0.5) is 15.9 Å². The van der Waals surface area contributed by atoms with Crippen molar-refractivity contribution in [2.24, 2.45) is 0 Å². The summed E-state index contributed by atoms with van der Waals surface area (Å²) in [5.74, 6) is -0.570. The number of nitrogens with zero attached hydrogens (tertiary/aromatic N) is 3. The number of benzene rings is 2. The van der Waals surface area contributed by atoms with Crippen molar-refractivity contribution >= 4 is 17.4 Å². The van der Waals surface area contributed by atoms with E-state index >= 15 is 0 Å². The fourth-order valence-corrected chi connectivity index (χ4v) is 2.45. The molecule has 0 saturated carbocycles. The van der Waals surface area contributed by atoms with Gasteiger partial charge in [-0.2, -0.15) is 5.10 Å². The molecule has 0 aliphatic carbocycles. The first-order valence-electron chi connectivity index (χ1n) is 7.77. The van der Waals surface area contributed by atoms with Gasteiger partial charge in [0.05, 0.1) is 11.5 Å². The monoisotopic (exact) mass is 354 g/mol. The smallest absolute Gasteiger partial charge is 0.273 e. The van der Waals surface area contributed by atoms with Crippen molar-refractivity contribution < 1.29 is 14.1 Å². The Labute approximate surface area is 148 Å². The summed E-state index contributed by atoms with van der Waals surface area (Å²) >= 11 is 0. The zero-order valence-electron chi connectivity index (χ0n) is 13.8. The third-order valence-electron chi connectivity index (χ3n) is 3.84. The Morgan fingerprint density at radius 3 is 2.77 bits per heavy atom. The minimum Gasteiger partial charge on any atom is -0.305 e. The van der Waals surface area contributed by atoms with Crippen LogP contribution in [0.25, 0.3) is 0 Å². The molecule has 0 radical (unpaired) electrons. The van der Waals surface area contributed by atoms with Gasteiger partial charge in [0.2, 0.25) is 0 Å². The zero-order chi connectivity index (χ0) is 18.7. The molecule has 0 aliphatic heterocycles. The topological polar surface area (TPSA) is 90.1 Å². The summed E-state index contributed by atoms with van der Waals surface area (Å²) in [5, 5.41) is 17.7. The normalized spacial score (nSPS) is 10.5. The average molecular weight is 354 g/mol. The number of hydrogen-bond acceptors (Lipinski definition) is 4. The number of nitro benzene ring substituents is 1. The highest BCUT2D eigenvalue weighted by atomic mass is 19.1. The van der Waals surface area contributed by atoms with Crippen molar-refractivity contribution in [3.8, 4) is 0 Å². The number of nitrogens with one attached hydrogen (secondary N) is 1. The van der Waals surface area contributed by atoms with Gasteiger partial charge in [-0.3, -0.25) is 19.6 Å². The summed E-state index contributed by atoms with van der Waals surface area (Å²) in [4.78, 5) is 22.7. The van der Waals surface area contributed by atoms with E-state index in [1.54, 1.807) is 37.4 Å². The first-order valence-corrected chi connectivity index (χ1v) is 7.77. The average Bonchev–Trinajstić information content (AvgIpc) is 3.04. The SMILES string of the molecule is Cc1ccc(C(=O)Nc2ccn(Cc3ccccc3F)n2)cc1[N+](=O)[O-]. The molecule has 3 rings (SSSR count). The Bertz CT molecular complexity index is 984. The molecule has 0 atom stereocenters. The Morgan fingerprint density at radius 2 is 2.04 bits per heavy atom. The summed E-state index contributed by atoms with van der Waals surface area (Å²) in [6.45, 7) is 1.82. The molecular weight excluding hydrogens is 339 g/mol. The second-order valence-electron chi connectivity index (χ2n) is 5.70. The predicted molar refractivity (Wildman–Crippen MR) is 93.5 cm³/mol. The first-order chi connectivity index (χ1) is 12.4.